The second-order valence-corrected chi connectivity index (χ2v) is 4.32. The van der Waals surface area contributed by atoms with Crippen LogP contribution in [0.3, 0.4) is 0 Å². The molecule has 0 aromatic carbocycles. The first kappa shape index (κ1) is 13.4. The fourth-order valence-corrected chi connectivity index (χ4v) is 2.01. The van der Waals surface area contributed by atoms with Crippen molar-refractivity contribution < 1.29 is 18.3 Å². The van der Waals surface area contributed by atoms with Gasteiger partial charge in [-0.15, -0.1) is 24.0 Å². The number of nitrogens with one attached hydrogen (secondary N) is 1. The topological polar surface area (TPSA) is 38.3 Å². The summed E-state index contributed by atoms with van der Waals surface area (Å²) >= 11 is 5.35. The van der Waals surface area contributed by atoms with Crippen molar-refractivity contribution in [3.05, 3.63) is 16.3 Å². The molecule has 0 unspecified atom stereocenters. The number of alkyl halides is 2. The van der Waals surface area contributed by atoms with Crippen LogP contribution in [0.1, 0.15) is 9.67 Å². The van der Waals surface area contributed by atoms with Gasteiger partial charge in [0.2, 0.25) is 0 Å². The normalized spacial score (nSPS) is 10.8. The highest BCUT2D eigenvalue weighted by Gasteiger charge is 2.07. The molecular weight excluding hydrogens is 256 g/mol. The van der Waals surface area contributed by atoms with Crippen LogP contribution >= 0.6 is 24.0 Å². The van der Waals surface area contributed by atoms with E-state index in [0.29, 0.717) is 4.88 Å². The number of carbonyl (C=O) groups is 1. The standard InChI is InChI=1S/C9H11F2NO2S2/c10-8(11)4-14-2-1-12-9(13)7-3-6(15)5-16-7/h3,5,8,15H,1-2,4H2,(H,12,13). The van der Waals surface area contributed by atoms with E-state index in [2.05, 4.69) is 22.7 Å². The summed E-state index contributed by atoms with van der Waals surface area (Å²) in [6, 6.07) is 1.64. The van der Waals surface area contributed by atoms with Crippen LogP contribution in [0.5, 0.6) is 0 Å². The molecule has 0 spiro atoms. The van der Waals surface area contributed by atoms with Gasteiger partial charge < -0.3 is 10.1 Å². The number of amides is 1. The third kappa shape index (κ3) is 4.91. The summed E-state index contributed by atoms with van der Waals surface area (Å²) in [5, 5.41) is 4.30. The molecule has 1 N–H and O–H groups in total. The van der Waals surface area contributed by atoms with Crippen LogP contribution < -0.4 is 5.32 Å². The molecule has 0 radical (unpaired) electrons. The van der Waals surface area contributed by atoms with Crippen molar-refractivity contribution in [2.75, 3.05) is 19.8 Å². The second-order valence-electron chi connectivity index (χ2n) is 2.89. The van der Waals surface area contributed by atoms with Gasteiger partial charge in [0.25, 0.3) is 12.3 Å². The van der Waals surface area contributed by atoms with E-state index in [0.717, 1.165) is 4.90 Å². The number of thiophene rings is 1. The molecule has 0 saturated carbocycles. The van der Waals surface area contributed by atoms with Crippen molar-refractivity contribution in [1.82, 2.24) is 5.32 Å². The third-order valence-electron chi connectivity index (χ3n) is 1.59. The average molecular weight is 267 g/mol. The highest BCUT2D eigenvalue weighted by Crippen LogP contribution is 2.17. The first-order valence-corrected chi connectivity index (χ1v) is 5.84. The van der Waals surface area contributed by atoms with Crippen LogP contribution in [-0.4, -0.2) is 32.1 Å². The van der Waals surface area contributed by atoms with E-state index < -0.39 is 13.0 Å². The largest absolute Gasteiger partial charge is 0.374 e. The molecule has 0 saturated heterocycles. The highest BCUT2D eigenvalue weighted by atomic mass is 32.1. The Morgan fingerprint density at radius 3 is 2.94 bits per heavy atom. The van der Waals surface area contributed by atoms with Gasteiger partial charge in [0, 0.05) is 16.8 Å². The quantitative estimate of drug-likeness (QED) is 0.611. The maximum Gasteiger partial charge on any atom is 0.261 e. The maximum absolute atomic E-state index is 11.7. The first-order valence-electron chi connectivity index (χ1n) is 4.51. The van der Waals surface area contributed by atoms with Gasteiger partial charge in [0.1, 0.15) is 6.61 Å². The number of carbonyl (C=O) groups excluding carboxylic acids is 1. The van der Waals surface area contributed by atoms with Gasteiger partial charge in [-0.1, -0.05) is 0 Å². The smallest absolute Gasteiger partial charge is 0.261 e. The highest BCUT2D eigenvalue weighted by molar-refractivity contribution is 7.80. The number of thiol groups is 1. The maximum atomic E-state index is 11.7. The van der Waals surface area contributed by atoms with Crippen molar-refractivity contribution in [3.8, 4) is 0 Å². The predicted octanol–water partition coefficient (Wildman–Crippen LogP) is 2.05. The molecule has 0 atom stereocenters. The molecule has 1 amide bonds. The zero-order valence-corrected chi connectivity index (χ0v) is 9.99. The molecule has 1 aromatic heterocycles. The zero-order valence-electron chi connectivity index (χ0n) is 8.28. The lowest BCUT2D eigenvalue weighted by Crippen LogP contribution is -2.27. The van der Waals surface area contributed by atoms with Gasteiger partial charge in [0.15, 0.2) is 0 Å². The second kappa shape index (κ2) is 6.82. The van der Waals surface area contributed by atoms with E-state index in [4.69, 9.17) is 0 Å². The Morgan fingerprint density at radius 1 is 1.62 bits per heavy atom. The molecule has 0 aliphatic rings. The molecule has 90 valence electrons. The lowest BCUT2D eigenvalue weighted by Gasteiger charge is -2.04. The van der Waals surface area contributed by atoms with Gasteiger partial charge in [-0.05, 0) is 6.07 Å². The number of halogens is 2. The Kier molecular flexibility index (Phi) is 5.72. The fourth-order valence-electron chi connectivity index (χ4n) is 0.942. The Hall–Kier alpha value is -0.660. The average Bonchev–Trinajstić information content (AvgIpc) is 2.63. The van der Waals surface area contributed by atoms with Crippen molar-refractivity contribution in [1.29, 1.82) is 0 Å². The summed E-state index contributed by atoms with van der Waals surface area (Å²) in [6.07, 6.45) is -2.47. The van der Waals surface area contributed by atoms with Crippen molar-refractivity contribution in [2.24, 2.45) is 0 Å². The van der Waals surface area contributed by atoms with E-state index >= 15 is 0 Å². The SMILES string of the molecule is O=C(NCCOCC(F)F)c1cc(S)cs1. The van der Waals surface area contributed by atoms with Crippen LogP contribution in [0, 0.1) is 0 Å². The molecule has 0 aliphatic heterocycles. The fraction of sp³-hybridized carbons (Fsp3) is 0.444. The number of hydrogen-bond acceptors (Lipinski definition) is 4. The Bertz CT molecular complexity index is 344. The van der Waals surface area contributed by atoms with Crippen LogP contribution in [0.25, 0.3) is 0 Å². The summed E-state index contributed by atoms with van der Waals surface area (Å²) < 4.78 is 27.9. The molecule has 0 fully saturated rings. The van der Waals surface area contributed by atoms with Gasteiger partial charge in [-0.2, -0.15) is 0 Å². The van der Waals surface area contributed by atoms with Gasteiger partial charge in [-0.25, -0.2) is 8.78 Å². The van der Waals surface area contributed by atoms with Crippen molar-refractivity contribution in [3.63, 3.8) is 0 Å². The molecule has 1 rings (SSSR count). The molecule has 0 bridgehead atoms. The lowest BCUT2D eigenvalue weighted by atomic mass is 10.4. The van der Waals surface area contributed by atoms with Gasteiger partial charge in [-0.3, -0.25) is 4.79 Å². The van der Waals surface area contributed by atoms with E-state index in [1.54, 1.807) is 11.4 Å². The summed E-state index contributed by atoms with van der Waals surface area (Å²) in [6.45, 7) is -0.309. The van der Waals surface area contributed by atoms with E-state index in [1.165, 1.54) is 11.3 Å². The Labute approximate surface area is 101 Å². The molecule has 1 heterocycles. The summed E-state index contributed by atoms with van der Waals surface area (Å²) in [5.74, 6) is -0.244. The minimum Gasteiger partial charge on any atom is -0.374 e. The summed E-state index contributed by atoms with van der Waals surface area (Å²) in [7, 11) is 0. The zero-order chi connectivity index (χ0) is 12.0. The molecule has 7 heteroatoms. The monoisotopic (exact) mass is 267 g/mol. The Morgan fingerprint density at radius 2 is 2.38 bits per heavy atom. The van der Waals surface area contributed by atoms with Crippen LogP contribution in [0.15, 0.2) is 16.3 Å². The minimum absolute atomic E-state index is 0.0786. The van der Waals surface area contributed by atoms with E-state index in [-0.39, 0.29) is 19.1 Å². The number of ether oxygens (including phenoxy) is 1. The molecule has 1 aromatic rings. The van der Waals surface area contributed by atoms with Crippen LogP contribution in [0.2, 0.25) is 0 Å². The van der Waals surface area contributed by atoms with Crippen LogP contribution in [-0.2, 0) is 4.74 Å². The van der Waals surface area contributed by atoms with E-state index in [1.807, 2.05) is 0 Å². The van der Waals surface area contributed by atoms with Crippen molar-refractivity contribution >= 4 is 29.9 Å². The summed E-state index contributed by atoms with van der Waals surface area (Å²) in [4.78, 5) is 12.7. The molecular formula is C9H11F2NO2S2. The summed E-state index contributed by atoms with van der Waals surface area (Å²) in [5.41, 5.74) is 0. The van der Waals surface area contributed by atoms with Crippen molar-refractivity contribution in [2.45, 2.75) is 11.3 Å². The number of rotatable bonds is 6. The van der Waals surface area contributed by atoms with Gasteiger partial charge >= 0.3 is 0 Å². The van der Waals surface area contributed by atoms with Gasteiger partial charge in [0.05, 0.1) is 11.5 Å². The first-order chi connectivity index (χ1) is 7.59. The molecule has 3 nitrogen and oxygen atoms in total. The van der Waals surface area contributed by atoms with E-state index in [9.17, 15) is 13.6 Å². The molecule has 16 heavy (non-hydrogen) atoms. The molecule has 0 aliphatic carbocycles. The Balaban J connectivity index is 2.16. The predicted molar refractivity (Wildman–Crippen MR) is 60.7 cm³/mol. The lowest BCUT2D eigenvalue weighted by molar-refractivity contribution is 0.0188. The van der Waals surface area contributed by atoms with Crippen LogP contribution in [0.4, 0.5) is 8.78 Å². The third-order valence-corrected chi connectivity index (χ3v) is 2.95. The number of hydrogen-bond donors (Lipinski definition) is 2. The minimum atomic E-state index is -2.47.